The SMILES string of the molecule is CC1CCCN(C(=O)CC2CCNCC2)C1.Cl. The molecule has 2 rings (SSSR count). The molecule has 1 atom stereocenters. The molecule has 0 aliphatic carbocycles. The Morgan fingerprint density at radius 1 is 1.29 bits per heavy atom. The highest BCUT2D eigenvalue weighted by Gasteiger charge is 2.24. The van der Waals surface area contributed by atoms with E-state index in [-0.39, 0.29) is 12.4 Å². The van der Waals surface area contributed by atoms with Crippen molar-refractivity contribution in [1.29, 1.82) is 0 Å². The third kappa shape index (κ3) is 4.47. The zero-order valence-corrected chi connectivity index (χ0v) is 11.6. The van der Waals surface area contributed by atoms with Gasteiger partial charge < -0.3 is 10.2 Å². The number of hydrogen-bond donors (Lipinski definition) is 1. The fourth-order valence-electron chi connectivity index (χ4n) is 2.88. The lowest BCUT2D eigenvalue weighted by atomic mass is 9.93. The molecule has 2 aliphatic rings. The smallest absolute Gasteiger partial charge is 0.222 e. The van der Waals surface area contributed by atoms with Crippen LogP contribution in [-0.4, -0.2) is 37.0 Å². The van der Waals surface area contributed by atoms with Crippen molar-refractivity contribution in [2.75, 3.05) is 26.2 Å². The second kappa shape index (κ2) is 7.22. The van der Waals surface area contributed by atoms with Gasteiger partial charge in [0.15, 0.2) is 0 Å². The van der Waals surface area contributed by atoms with Crippen LogP contribution in [-0.2, 0) is 4.79 Å². The molecule has 2 saturated heterocycles. The molecule has 0 aromatic rings. The van der Waals surface area contributed by atoms with Gasteiger partial charge >= 0.3 is 0 Å². The summed E-state index contributed by atoms with van der Waals surface area (Å²) in [5.41, 5.74) is 0. The lowest BCUT2D eigenvalue weighted by Crippen LogP contribution is -2.40. The number of hydrogen-bond acceptors (Lipinski definition) is 2. The van der Waals surface area contributed by atoms with Crippen LogP contribution in [0.1, 0.15) is 39.0 Å². The summed E-state index contributed by atoms with van der Waals surface area (Å²) in [5.74, 6) is 1.73. The van der Waals surface area contributed by atoms with Crippen molar-refractivity contribution in [2.45, 2.75) is 39.0 Å². The number of nitrogens with one attached hydrogen (secondary N) is 1. The van der Waals surface area contributed by atoms with Crippen LogP contribution in [0.3, 0.4) is 0 Å². The van der Waals surface area contributed by atoms with Crippen molar-refractivity contribution in [1.82, 2.24) is 10.2 Å². The van der Waals surface area contributed by atoms with E-state index < -0.39 is 0 Å². The van der Waals surface area contributed by atoms with Crippen LogP contribution in [0.25, 0.3) is 0 Å². The maximum Gasteiger partial charge on any atom is 0.222 e. The van der Waals surface area contributed by atoms with Gasteiger partial charge in [0.25, 0.3) is 0 Å². The molecule has 3 nitrogen and oxygen atoms in total. The van der Waals surface area contributed by atoms with Crippen molar-refractivity contribution < 1.29 is 4.79 Å². The van der Waals surface area contributed by atoms with Gasteiger partial charge in [0.05, 0.1) is 0 Å². The summed E-state index contributed by atoms with van der Waals surface area (Å²) in [6.07, 6.45) is 5.62. The van der Waals surface area contributed by atoms with Gasteiger partial charge in [0.1, 0.15) is 0 Å². The van der Waals surface area contributed by atoms with E-state index >= 15 is 0 Å². The monoisotopic (exact) mass is 260 g/mol. The summed E-state index contributed by atoms with van der Waals surface area (Å²) < 4.78 is 0. The molecule has 0 radical (unpaired) electrons. The minimum absolute atomic E-state index is 0. The van der Waals surface area contributed by atoms with Gasteiger partial charge in [0.2, 0.25) is 5.91 Å². The zero-order chi connectivity index (χ0) is 11.4. The molecule has 1 unspecified atom stereocenters. The molecular formula is C13H25ClN2O. The number of nitrogens with zero attached hydrogens (tertiary/aromatic N) is 1. The van der Waals surface area contributed by atoms with Gasteiger partial charge in [-0.25, -0.2) is 0 Å². The molecule has 2 heterocycles. The first-order valence-corrected chi connectivity index (χ1v) is 6.74. The van der Waals surface area contributed by atoms with Gasteiger partial charge in [-0.1, -0.05) is 6.92 Å². The number of halogens is 1. The molecule has 1 amide bonds. The summed E-state index contributed by atoms with van der Waals surface area (Å²) in [6, 6.07) is 0. The van der Waals surface area contributed by atoms with Crippen LogP contribution in [0.15, 0.2) is 0 Å². The van der Waals surface area contributed by atoms with E-state index in [1.54, 1.807) is 0 Å². The van der Waals surface area contributed by atoms with Gasteiger partial charge in [-0.15, -0.1) is 12.4 Å². The summed E-state index contributed by atoms with van der Waals surface area (Å²) in [4.78, 5) is 14.2. The average molecular weight is 261 g/mol. The third-order valence-corrected chi connectivity index (χ3v) is 3.93. The van der Waals surface area contributed by atoms with Crippen LogP contribution in [0.5, 0.6) is 0 Å². The Balaban J connectivity index is 0.00000144. The number of carbonyl (C=O) groups is 1. The van der Waals surface area contributed by atoms with E-state index in [1.165, 1.54) is 25.7 Å². The standard InChI is InChI=1S/C13H24N2O.ClH/c1-11-3-2-8-15(10-11)13(16)9-12-4-6-14-7-5-12;/h11-12,14H,2-10H2,1H3;1H. The van der Waals surface area contributed by atoms with Crippen LogP contribution >= 0.6 is 12.4 Å². The normalized spacial score (nSPS) is 26.4. The average Bonchev–Trinajstić information content (AvgIpc) is 2.30. The second-order valence-corrected chi connectivity index (χ2v) is 5.48. The molecule has 100 valence electrons. The van der Waals surface area contributed by atoms with E-state index in [0.717, 1.165) is 32.6 Å². The van der Waals surface area contributed by atoms with E-state index in [9.17, 15) is 4.79 Å². The first-order chi connectivity index (χ1) is 7.75. The number of amides is 1. The third-order valence-electron chi connectivity index (χ3n) is 3.93. The van der Waals surface area contributed by atoms with Crippen LogP contribution < -0.4 is 5.32 Å². The molecule has 2 aliphatic heterocycles. The zero-order valence-electron chi connectivity index (χ0n) is 10.8. The first kappa shape index (κ1) is 14.8. The summed E-state index contributed by atoms with van der Waals surface area (Å²) in [7, 11) is 0. The Labute approximate surface area is 111 Å². The predicted octanol–water partition coefficient (Wildman–Crippen LogP) is 2.06. The Kier molecular flexibility index (Phi) is 6.28. The Morgan fingerprint density at radius 3 is 2.65 bits per heavy atom. The Hall–Kier alpha value is -0.280. The molecule has 0 aromatic carbocycles. The Bertz CT molecular complexity index is 242. The molecule has 0 saturated carbocycles. The first-order valence-electron chi connectivity index (χ1n) is 6.74. The fourth-order valence-corrected chi connectivity index (χ4v) is 2.88. The van der Waals surface area contributed by atoms with E-state index in [2.05, 4.69) is 17.1 Å². The second-order valence-electron chi connectivity index (χ2n) is 5.48. The largest absolute Gasteiger partial charge is 0.342 e. The highest BCUT2D eigenvalue weighted by Crippen LogP contribution is 2.21. The van der Waals surface area contributed by atoms with Crippen LogP contribution in [0, 0.1) is 11.8 Å². The molecule has 0 aromatic heterocycles. The summed E-state index contributed by atoms with van der Waals surface area (Å²) in [6.45, 7) is 6.42. The van der Waals surface area contributed by atoms with Gasteiger partial charge in [0, 0.05) is 19.5 Å². The highest BCUT2D eigenvalue weighted by atomic mass is 35.5. The lowest BCUT2D eigenvalue weighted by molar-refractivity contribution is -0.134. The molecule has 1 N–H and O–H groups in total. The van der Waals surface area contributed by atoms with Gasteiger partial charge in [-0.2, -0.15) is 0 Å². The summed E-state index contributed by atoms with van der Waals surface area (Å²) >= 11 is 0. The van der Waals surface area contributed by atoms with Gasteiger partial charge in [-0.05, 0) is 50.6 Å². The fraction of sp³-hybridized carbons (Fsp3) is 0.923. The molecule has 0 spiro atoms. The minimum Gasteiger partial charge on any atom is -0.342 e. The van der Waals surface area contributed by atoms with Crippen molar-refractivity contribution in [3.8, 4) is 0 Å². The number of piperidine rings is 2. The maximum atomic E-state index is 12.1. The predicted molar refractivity (Wildman–Crippen MR) is 72.4 cm³/mol. The summed E-state index contributed by atoms with van der Waals surface area (Å²) in [5, 5.41) is 3.35. The number of carbonyl (C=O) groups excluding carboxylic acids is 1. The minimum atomic E-state index is 0. The maximum absolute atomic E-state index is 12.1. The molecule has 17 heavy (non-hydrogen) atoms. The molecule has 2 fully saturated rings. The van der Waals surface area contributed by atoms with E-state index in [4.69, 9.17) is 0 Å². The van der Waals surface area contributed by atoms with Crippen molar-refractivity contribution in [3.63, 3.8) is 0 Å². The lowest BCUT2D eigenvalue weighted by Gasteiger charge is -2.32. The van der Waals surface area contributed by atoms with E-state index in [0.29, 0.717) is 17.7 Å². The molecular weight excluding hydrogens is 236 g/mol. The molecule has 0 bridgehead atoms. The molecule has 4 heteroatoms. The number of likely N-dealkylation sites (tertiary alicyclic amines) is 1. The number of rotatable bonds is 2. The van der Waals surface area contributed by atoms with Crippen molar-refractivity contribution in [3.05, 3.63) is 0 Å². The topological polar surface area (TPSA) is 32.3 Å². The van der Waals surface area contributed by atoms with Crippen molar-refractivity contribution >= 4 is 18.3 Å². The highest BCUT2D eigenvalue weighted by molar-refractivity contribution is 5.85. The Morgan fingerprint density at radius 2 is 2.00 bits per heavy atom. The van der Waals surface area contributed by atoms with Crippen molar-refractivity contribution in [2.24, 2.45) is 11.8 Å². The quantitative estimate of drug-likeness (QED) is 0.824. The van der Waals surface area contributed by atoms with E-state index in [1.807, 2.05) is 0 Å². The van der Waals surface area contributed by atoms with Crippen LogP contribution in [0.2, 0.25) is 0 Å². The van der Waals surface area contributed by atoms with Crippen LogP contribution in [0.4, 0.5) is 0 Å². The van der Waals surface area contributed by atoms with Gasteiger partial charge in [-0.3, -0.25) is 4.79 Å².